The summed E-state index contributed by atoms with van der Waals surface area (Å²) in [4.78, 5) is 39.8. The van der Waals surface area contributed by atoms with E-state index < -0.39 is 29.4 Å². The van der Waals surface area contributed by atoms with Crippen molar-refractivity contribution in [2.75, 3.05) is 13.2 Å². The molecule has 1 aliphatic rings. The average molecular weight is 441 g/mol. The van der Waals surface area contributed by atoms with Crippen molar-refractivity contribution in [2.45, 2.75) is 90.9 Å². The Labute approximate surface area is 186 Å². The Morgan fingerprint density at radius 2 is 1.84 bits per heavy atom. The van der Waals surface area contributed by atoms with Crippen LogP contribution in [-0.2, 0) is 23.9 Å². The van der Waals surface area contributed by atoms with Crippen molar-refractivity contribution in [3.05, 3.63) is 12.7 Å². The number of amides is 2. The molecule has 2 atom stereocenters. The summed E-state index contributed by atoms with van der Waals surface area (Å²) in [6.45, 7) is 13.5. The van der Waals surface area contributed by atoms with E-state index in [2.05, 4.69) is 6.58 Å². The summed E-state index contributed by atoms with van der Waals surface area (Å²) in [6, 6.07) is -0.906. The van der Waals surface area contributed by atoms with E-state index in [1.165, 1.54) is 11.0 Å². The number of carbonyl (C=O) groups is 3. The van der Waals surface area contributed by atoms with Gasteiger partial charge in [0.2, 0.25) is 11.8 Å². The molecule has 8 heteroatoms. The zero-order chi connectivity index (χ0) is 23.6. The molecule has 0 radical (unpaired) electrons. The van der Waals surface area contributed by atoms with Crippen molar-refractivity contribution < 1.29 is 29.1 Å². The first-order valence-corrected chi connectivity index (χ1v) is 11.2. The number of ether oxygens (including phenoxy) is 2. The monoisotopic (exact) mass is 440 g/mol. The fraction of sp³-hybridized carbons (Fsp3) is 0.783. The van der Waals surface area contributed by atoms with Gasteiger partial charge in [0, 0.05) is 13.0 Å². The largest absolute Gasteiger partial charge is 0.461 e. The highest BCUT2D eigenvalue weighted by atomic mass is 16.6. The Morgan fingerprint density at radius 3 is 2.32 bits per heavy atom. The molecule has 1 rings (SSSR count). The maximum absolute atomic E-state index is 13.3. The number of esters is 1. The van der Waals surface area contributed by atoms with Crippen LogP contribution in [0.4, 0.5) is 0 Å². The minimum Gasteiger partial charge on any atom is -0.461 e. The fourth-order valence-electron chi connectivity index (χ4n) is 3.56. The van der Waals surface area contributed by atoms with E-state index in [0.717, 1.165) is 25.7 Å². The van der Waals surface area contributed by atoms with Crippen molar-refractivity contribution in [3.8, 4) is 0 Å². The van der Waals surface area contributed by atoms with Crippen LogP contribution in [0.3, 0.4) is 0 Å². The van der Waals surface area contributed by atoms with Gasteiger partial charge in [0.05, 0.1) is 18.1 Å². The second-order valence-corrected chi connectivity index (χ2v) is 9.62. The molecule has 0 aliphatic heterocycles. The Morgan fingerprint density at radius 1 is 1.23 bits per heavy atom. The molecule has 0 aromatic carbocycles. The minimum atomic E-state index is -0.906. The second kappa shape index (κ2) is 12.8. The third kappa shape index (κ3) is 9.82. The molecule has 1 saturated carbocycles. The van der Waals surface area contributed by atoms with Gasteiger partial charge in [0.15, 0.2) is 6.04 Å². The molecule has 0 bridgehead atoms. The van der Waals surface area contributed by atoms with Gasteiger partial charge in [-0.2, -0.15) is 0 Å². The summed E-state index contributed by atoms with van der Waals surface area (Å²) in [5.41, 5.74) is 1.11. The molecule has 0 spiro atoms. The van der Waals surface area contributed by atoms with Crippen LogP contribution in [0.5, 0.6) is 0 Å². The van der Waals surface area contributed by atoms with E-state index in [1.54, 1.807) is 5.48 Å². The molecule has 0 aromatic heterocycles. The van der Waals surface area contributed by atoms with Crippen molar-refractivity contribution in [1.29, 1.82) is 0 Å². The lowest BCUT2D eigenvalue weighted by Gasteiger charge is -2.34. The molecule has 1 aliphatic carbocycles. The van der Waals surface area contributed by atoms with Crippen molar-refractivity contribution in [2.24, 2.45) is 11.8 Å². The summed E-state index contributed by atoms with van der Waals surface area (Å²) >= 11 is 0. The highest BCUT2D eigenvalue weighted by molar-refractivity contribution is 5.88. The number of rotatable bonds is 12. The lowest BCUT2D eigenvalue weighted by molar-refractivity contribution is -0.165. The van der Waals surface area contributed by atoms with Crippen LogP contribution in [0, 0.1) is 11.8 Å². The fourth-order valence-corrected chi connectivity index (χ4v) is 3.56. The summed E-state index contributed by atoms with van der Waals surface area (Å²) in [5, 5.41) is 9.01. The lowest BCUT2D eigenvalue weighted by Crippen LogP contribution is -2.52. The Balaban J connectivity index is 3.11. The van der Waals surface area contributed by atoms with Crippen LogP contribution in [0.15, 0.2) is 12.7 Å². The normalized spacial score (nSPS) is 16.6. The second-order valence-electron chi connectivity index (χ2n) is 9.62. The van der Waals surface area contributed by atoms with E-state index in [0.29, 0.717) is 6.54 Å². The van der Waals surface area contributed by atoms with E-state index in [1.807, 2.05) is 34.6 Å². The van der Waals surface area contributed by atoms with Crippen molar-refractivity contribution in [1.82, 2.24) is 10.4 Å². The summed E-state index contributed by atoms with van der Waals surface area (Å²) in [7, 11) is 0. The first-order chi connectivity index (χ1) is 14.5. The number of hydrogen-bond acceptors (Lipinski definition) is 6. The maximum atomic E-state index is 13.3. The van der Waals surface area contributed by atoms with Gasteiger partial charge in [-0.15, -0.1) is 6.58 Å². The summed E-state index contributed by atoms with van der Waals surface area (Å²) in [6.07, 6.45) is 5.16. The van der Waals surface area contributed by atoms with Gasteiger partial charge in [0.1, 0.15) is 6.10 Å². The summed E-state index contributed by atoms with van der Waals surface area (Å²) in [5.74, 6) is -2.19. The molecule has 8 nitrogen and oxygen atoms in total. The molecule has 0 aromatic rings. The Kier molecular flexibility index (Phi) is 11.2. The summed E-state index contributed by atoms with van der Waals surface area (Å²) < 4.78 is 11.6. The van der Waals surface area contributed by atoms with Crippen LogP contribution >= 0.6 is 0 Å². The molecule has 2 N–H and O–H groups in total. The molecule has 1 fully saturated rings. The van der Waals surface area contributed by atoms with E-state index in [-0.39, 0.29) is 37.4 Å². The third-order valence-corrected chi connectivity index (χ3v) is 5.14. The molecule has 0 saturated heterocycles. The van der Waals surface area contributed by atoms with Crippen molar-refractivity contribution >= 4 is 17.8 Å². The third-order valence-electron chi connectivity index (χ3n) is 5.14. The Bertz CT molecular complexity index is 608. The number of allylic oxidation sites excluding steroid dienone is 1. The lowest BCUT2D eigenvalue weighted by atomic mass is 9.98. The molecule has 0 heterocycles. The van der Waals surface area contributed by atoms with Crippen LogP contribution in [0.1, 0.15) is 73.1 Å². The standard InChI is InChI=1S/C23H40N2O6/c1-7-10-17(21(27)24-29)13-20(26)25(14-16(2)3)19(15-30-23(4,5)6)22(28)31-18-11-8-9-12-18/h7,16-19,29H,1,8-15H2,2-6H3,(H,24,27)/t17-,19-/m0/s1. The SMILES string of the molecule is C=CC[C@@H](CC(=O)N(CC(C)C)[C@@H](COC(C)(C)C)C(=O)OC1CCCC1)C(=O)NO. The molecular weight excluding hydrogens is 400 g/mol. The van der Waals surface area contributed by atoms with E-state index >= 15 is 0 Å². The molecule has 31 heavy (non-hydrogen) atoms. The predicted molar refractivity (Wildman–Crippen MR) is 117 cm³/mol. The molecule has 2 amide bonds. The topological polar surface area (TPSA) is 105 Å². The first kappa shape index (κ1) is 27.1. The maximum Gasteiger partial charge on any atom is 0.331 e. The van der Waals surface area contributed by atoms with Crippen LogP contribution in [0.25, 0.3) is 0 Å². The predicted octanol–water partition coefficient (Wildman–Crippen LogP) is 3.23. The van der Waals surface area contributed by atoms with Gasteiger partial charge >= 0.3 is 5.97 Å². The quantitative estimate of drug-likeness (QED) is 0.209. The van der Waals surface area contributed by atoms with Gasteiger partial charge in [-0.25, -0.2) is 10.3 Å². The van der Waals surface area contributed by atoms with Crippen LogP contribution < -0.4 is 5.48 Å². The molecular formula is C23H40N2O6. The van der Waals surface area contributed by atoms with Gasteiger partial charge < -0.3 is 14.4 Å². The number of hydroxylamine groups is 1. The number of nitrogens with one attached hydrogen (secondary N) is 1. The van der Waals surface area contributed by atoms with E-state index in [4.69, 9.17) is 14.7 Å². The van der Waals surface area contributed by atoms with Gasteiger partial charge in [-0.3, -0.25) is 14.8 Å². The highest BCUT2D eigenvalue weighted by Crippen LogP contribution is 2.23. The van der Waals surface area contributed by atoms with Crippen molar-refractivity contribution in [3.63, 3.8) is 0 Å². The zero-order valence-corrected chi connectivity index (χ0v) is 19.7. The van der Waals surface area contributed by atoms with E-state index in [9.17, 15) is 14.4 Å². The van der Waals surface area contributed by atoms with Crippen LogP contribution in [-0.4, -0.2) is 58.8 Å². The number of hydrogen-bond donors (Lipinski definition) is 2. The van der Waals surface area contributed by atoms with Gasteiger partial charge in [0.25, 0.3) is 0 Å². The molecule has 178 valence electrons. The van der Waals surface area contributed by atoms with Gasteiger partial charge in [-0.05, 0) is 58.8 Å². The first-order valence-electron chi connectivity index (χ1n) is 11.2. The molecule has 0 unspecified atom stereocenters. The highest BCUT2D eigenvalue weighted by Gasteiger charge is 2.36. The van der Waals surface area contributed by atoms with Gasteiger partial charge in [-0.1, -0.05) is 19.9 Å². The Hall–Kier alpha value is -1.93. The average Bonchev–Trinajstić information content (AvgIpc) is 3.17. The number of nitrogens with zero attached hydrogens (tertiary/aromatic N) is 1. The minimum absolute atomic E-state index is 0.00579. The zero-order valence-electron chi connectivity index (χ0n) is 19.7. The smallest absolute Gasteiger partial charge is 0.331 e. The van der Waals surface area contributed by atoms with Crippen LogP contribution in [0.2, 0.25) is 0 Å². The number of carbonyl (C=O) groups excluding carboxylic acids is 3.